The topological polar surface area (TPSA) is 113 Å². The molecule has 7 heteroatoms. The molecule has 0 aliphatic carbocycles. The van der Waals surface area contributed by atoms with Crippen LogP contribution < -0.4 is 11.1 Å². The van der Waals surface area contributed by atoms with E-state index in [1.54, 1.807) is 6.92 Å². The van der Waals surface area contributed by atoms with Crippen LogP contribution in [0.4, 0.5) is 4.79 Å². The van der Waals surface area contributed by atoms with Gasteiger partial charge >= 0.3 is 12.0 Å². The largest absolute Gasteiger partial charge is 0.481 e. The van der Waals surface area contributed by atoms with Gasteiger partial charge in [0.2, 0.25) is 5.91 Å². The lowest BCUT2D eigenvalue weighted by Crippen LogP contribution is -2.53. The van der Waals surface area contributed by atoms with Crippen LogP contribution in [0.1, 0.15) is 26.2 Å². The van der Waals surface area contributed by atoms with Crippen LogP contribution in [0, 0.1) is 5.41 Å². The summed E-state index contributed by atoms with van der Waals surface area (Å²) in [5, 5.41) is 11.6. The van der Waals surface area contributed by atoms with Gasteiger partial charge in [-0.25, -0.2) is 4.79 Å². The maximum absolute atomic E-state index is 11.7. The Hall–Kier alpha value is -1.79. The molecular weight excluding hydrogens is 238 g/mol. The molecule has 1 saturated heterocycles. The smallest absolute Gasteiger partial charge is 0.317 e. The first-order valence-corrected chi connectivity index (χ1v) is 5.96. The second-order valence-corrected chi connectivity index (χ2v) is 4.59. The highest BCUT2D eigenvalue weighted by Crippen LogP contribution is 2.33. The van der Waals surface area contributed by atoms with Crippen molar-refractivity contribution in [3.8, 4) is 0 Å². The number of carboxylic acids is 1. The monoisotopic (exact) mass is 257 g/mol. The number of carbonyl (C=O) groups excluding carboxylic acids is 2. The number of likely N-dealkylation sites (tertiary alicyclic amines) is 1. The Bertz CT molecular complexity index is 358. The molecular formula is C11H19N3O4. The van der Waals surface area contributed by atoms with Gasteiger partial charge < -0.3 is 21.1 Å². The van der Waals surface area contributed by atoms with Crippen LogP contribution in [0.15, 0.2) is 0 Å². The normalized spacial score (nSPS) is 23.5. The van der Waals surface area contributed by atoms with Crippen molar-refractivity contribution in [2.24, 2.45) is 11.1 Å². The molecule has 1 unspecified atom stereocenters. The highest BCUT2D eigenvalue weighted by molar-refractivity contribution is 5.83. The van der Waals surface area contributed by atoms with Gasteiger partial charge in [0.05, 0.1) is 12.0 Å². The summed E-state index contributed by atoms with van der Waals surface area (Å²) in [5.74, 6) is -1.50. The predicted octanol–water partition coefficient (Wildman–Crippen LogP) is -0.242. The number of nitrogens with one attached hydrogen (secondary N) is 1. The van der Waals surface area contributed by atoms with Gasteiger partial charge in [0.1, 0.15) is 0 Å². The van der Waals surface area contributed by atoms with E-state index in [9.17, 15) is 19.5 Å². The zero-order chi connectivity index (χ0) is 13.8. The van der Waals surface area contributed by atoms with E-state index in [0.29, 0.717) is 25.8 Å². The lowest BCUT2D eigenvalue weighted by atomic mass is 9.78. The molecule has 1 heterocycles. The number of carboxylic acid groups (broad SMARTS) is 1. The number of carbonyl (C=O) groups is 3. The Morgan fingerprint density at radius 1 is 1.44 bits per heavy atom. The first-order valence-electron chi connectivity index (χ1n) is 5.96. The molecule has 3 amide bonds. The molecule has 0 radical (unpaired) electrons. The molecule has 0 aromatic rings. The van der Waals surface area contributed by atoms with Gasteiger partial charge in [-0.1, -0.05) is 6.92 Å². The Morgan fingerprint density at radius 3 is 2.61 bits per heavy atom. The molecule has 0 spiro atoms. The predicted molar refractivity (Wildman–Crippen MR) is 63.8 cm³/mol. The third-order valence-corrected chi connectivity index (χ3v) is 3.41. The molecule has 4 N–H and O–H groups in total. The molecule has 0 aromatic carbocycles. The standard InChI is InChI=1S/C11H19N3O4/c1-2-11(9(16)17)4-3-5-14(7-11)10(18)13-6-8(12)15/h2-7H2,1H3,(H2,12,15)(H,13,18)(H,16,17). The molecule has 0 saturated carbocycles. The summed E-state index contributed by atoms with van der Waals surface area (Å²) in [7, 11) is 0. The van der Waals surface area contributed by atoms with Crippen molar-refractivity contribution in [1.29, 1.82) is 0 Å². The second kappa shape index (κ2) is 5.70. The zero-order valence-corrected chi connectivity index (χ0v) is 10.4. The quantitative estimate of drug-likeness (QED) is 0.645. The first kappa shape index (κ1) is 14.3. The number of aliphatic carboxylic acids is 1. The van der Waals surface area contributed by atoms with Crippen molar-refractivity contribution in [3.63, 3.8) is 0 Å². The van der Waals surface area contributed by atoms with E-state index in [1.807, 2.05) is 0 Å². The van der Waals surface area contributed by atoms with Crippen molar-refractivity contribution < 1.29 is 19.5 Å². The van der Waals surface area contributed by atoms with E-state index in [2.05, 4.69) is 5.32 Å². The molecule has 7 nitrogen and oxygen atoms in total. The van der Waals surface area contributed by atoms with Crippen LogP contribution in [-0.4, -0.2) is 47.5 Å². The molecule has 1 rings (SSSR count). The van der Waals surface area contributed by atoms with E-state index in [0.717, 1.165) is 0 Å². The molecule has 1 aliphatic rings. The number of hydrogen-bond donors (Lipinski definition) is 3. The average Bonchev–Trinajstić information content (AvgIpc) is 2.35. The minimum atomic E-state index is -0.877. The summed E-state index contributed by atoms with van der Waals surface area (Å²) in [6.07, 6.45) is 1.69. The van der Waals surface area contributed by atoms with E-state index in [-0.39, 0.29) is 13.1 Å². The number of amides is 3. The molecule has 18 heavy (non-hydrogen) atoms. The lowest BCUT2D eigenvalue weighted by Gasteiger charge is -2.39. The summed E-state index contributed by atoms with van der Waals surface area (Å²) in [4.78, 5) is 35.1. The molecule has 1 atom stereocenters. The summed E-state index contributed by atoms with van der Waals surface area (Å²) in [6.45, 7) is 2.24. The van der Waals surface area contributed by atoms with Crippen LogP contribution in [0.2, 0.25) is 0 Å². The van der Waals surface area contributed by atoms with Crippen molar-refractivity contribution in [2.75, 3.05) is 19.6 Å². The van der Waals surface area contributed by atoms with Crippen LogP contribution in [0.3, 0.4) is 0 Å². The number of urea groups is 1. The zero-order valence-electron chi connectivity index (χ0n) is 10.4. The Balaban J connectivity index is 2.65. The van der Waals surface area contributed by atoms with E-state index >= 15 is 0 Å². The van der Waals surface area contributed by atoms with Gasteiger partial charge in [-0.15, -0.1) is 0 Å². The maximum Gasteiger partial charge on any atom is 0.317 e. The Kier molecular flexibility index (Phi) is 4.52. The number of nitrogens with zero attached hydrogens (tertiary/aromatic N) is 1. The number of nitrogens with two attached hydrogens (primary N) is 1. The summed E-state index contributed by atoms with van der Waals surface area (Å²) in [6, 6.07) is -0.437. The number of hydrogen-bond acceptors (Lipinski definition) is 3. The highest BCUT2D eigenvalue weighted by atomic mass is 16.4. The first-order chi connectivity index (χ1) is 8.41. The summed E-state index contributed by atoms with van der Waals surface area (Å²) in [5.41, 5.74) is 4.06. The van der Waals surface area contributed by atoms with Crippen molar-refractivity contribution in [1.82, 2.24) is 10.2 Å². The number of rotatable bonds is 4. The maximum atomic E-state index is 11.7. The summed E-state index contributed by atoms with van der Waals surface area (Å²) < 4.78 is 0. The molecule has 0 aromatic heterocycles. The van der Waals surface area contributed by atoms with Crippen LogP contribution in [0.25, 0.3) is 0 Å². The fraction of sp³-hybridized carbons (Fsp3) is 0.727. The summed E-state index contributed by atoms with van der Waals surface area (Å²) >= 11 is 0. The minimum absolute atomic E-state index is 0.170. The molecule has 1 aliphatic heterocycles. The van der Waals surface area contributed by atoms with Gasteiger partial charge in [0.15, 0.2) is 0 Å². The van der Waals surface area contributed by atoms with E-state index < -0.39 is 23.3 Å². The van der Waals surface area contributed by atoms with Gasteiger partial charge in [-0.05, 0) is 19.3 Å². The number of primary amides is 1. The lowest BCUT2D eigenvalue weighted by molar-refractivity contribution is -0.152. The van der Waals surface area contributed by atoms with Gasteiger partial charge in [0, 0.05) is 13.1 Å². The van der Waals surface area contributed by atoms with Gasteiger partial charge in [0.25, 0.3) is 0 Å². The van der Waals surface area contributed by atoms with E-state index in [4.69, 9.17) is 5.73 Å². The van der Waals surface area contributed by atoms with Crippen molar-refractivity contribution in [3.05, 3.63) is 0 Å². The molecule has 1 fully saturated rings. The Morgan fingerprint density at radius 2 is 2.11 bits per heavy atom. The van der Waals surface area contributed by atoms with Crippen molar-refractivity contribution >= 4 is 17.9 Å². The van der Waals surface area contributed by atoms with Gasteiger partial charge in [-0.2, -0.15) is 0 Å². The SMILES string of the molecule is CCC1(C(=O)O)CCCN(C(=O)NCC(N)=O)C1. The second-order valence-electron chi connectivity index (χ2n) is 4.59. The molecule has 0 bridgehead atoms. The Labute approximate surface area is 105 Å². The third-order valence-electron chi connectivity index (χ3n) is 3.41. The van der Waals surface area contributed by atoms with Crippen LogP contribution in [-0.2, 0) is 9.59 Å². The fourth-order valence-corrected chi connectivity index (χ4v) is 2.19. The third kappa shape index (κ3) is 3.12. The van der Waals surface area contributed by atoms with Crippen LogP contribution >= 0.6 is 0 Å². The molecule has 102 valence electrons. The number of piperidine rings is 1. The average molecular weight is 257 g/mol. The van der Waals surface area contributed by atoms with Gasteiger partial charge in [-0.3, -0.25) is 9.59 Å². The fourth-order valence-electron chi connectivity index (χ4n) is 2.19. The minimum Gasteiger partial charge on any atom is -0.481 e. The van der Waals surface area contributed by atoms with Crippen molar-refractivity contribution in [2.45, 2.75) is 26.2 Å². The van der Waals surface area contributed by atoms with E-state index in [1.165, 1.54) is 4.90 Å². The highest BCUT2D eigenvalue weighted by Gasteiger charge is 2.42. The van der Waals surface area contributed by atoms with Crippen LogP contribution in [0.5, 0.6) is 0 Å².